The van der Waals surface area contributed by atoms with Crippen LogP contribution >= 0.6 is 0 Å². The molecule has 2 aliphatic heterocycles. The number of piperidine rings is 2. The molecule has 0 unspecified atom stereocenters. The van der Waals surface area contributed by atoms with Crippen LogP contribution in [0.4, 0.5) is 11.8 Å². The van der Waals surface area contributed by atoms with Gasteiger partial charge >= 0.3 is 0 Å². The number of anilines is 2. The maximum atomic E-state index is 6.24. The first kappa shape index (κ1) is 15.9. The highest BCUT2D eigenvalue weighted by Gasteiger charge is 2.43. The molecular formula is C20H31N5. The normalized spacial score (nSPS) is 31.0. The first-order valence-electron chi connectivity index (χ1n) is 10.4. The zero-order chi connectivity index (χ0) is 16.9. The standard InChI is InChI=1S/C20H31N5/c21-19-23-17-15(6-3-10-20(17)8-1-2-9-20)18(24-19)25-12-4-5-14-7-11-22-13-16(14)25/h14,16,22H,1-13H2,(H2,21,23,24)/t14-,16-/m0/s1. The van der Waals surface area contributed by atoms with Gasteiger partial charge in [-0.2, -0.15) is 4.98 Å². The van der Waals surface area contributed by atoms with Crippen molar-refractivity contribution in [2.24, 2.45) is 5.92 Å². The van der Waals surface area contributed by atoms with Gasteiger partial charge in [-0.05, 0) is 63.8 Å². The molecule has 1 aromatic heterocycles. The molecule has 3 heterocycles. The van der Waals surface area contributed by atoms with E-state index in [1.807, 2.05) is 0 Å². The van der Waals surface area contributed by atoms with Crippen LogP contribution in [-0.4, -0.2) is 35.6 Å². The quantitative estimate of drug-likeness (QED) is 0.822. The van der Waals surface area contributed by atoms with Crippen molar-refractivity contribution in [3.05, 3.63) is 11.3 Å². The van der Waals surface area contributed by atoms with Gasteiger partial charge in [0, 0.05) is 30.1 Å². The predicted molar refractivity (Wildman–Crippen MR) is 101 cm³/mol. The topological polar surface area (TPSA) is 67.1 Å². The molecule has 3 N–H and O–H groups in total. The molecule has 136 valence electrons. The summed E-state index contributed by atoms with van der Waals surface area (Å²) in [5.41, 5.74) is 9.31. The molecule has 2 atom stereocenters. The summed E-state index contributed by atoms with van der Waals surface area (Å²) in [6, 6.07) is 0.586. The number of fused-ring (bicyclic) bond motifs is 3. The van der Waals surface area contributed by atoms with E-state index in [-0.39, 0.29) is 0 Å². The van der Waals surface area contributed by atoms with Crippen molar-refractivity contribution >= 4 is 11.8 Å². The summed E-state index contributed by atoms with van der Waals surface area (Å²) in [7, 11) is 0. The van der Waals surface area contributed by atoms with Crippen molar-refractivity contribution in [3.8, 4) is 0 Å². The van der Waals surface area contributed by atoms with Gasteiger partial charge in [0.25, 0.3) is 0 Å². The van der Waals surface area contributed by atoms with Crippen LogP contribution in [0.25, 0.3) is 0 Å². The van der Waals surface area contributed by atoms with Gasteiger partial charge in [-0.3, -0.25) is 0 Å². The molecule has 3 fully saturated rings. The second-order valence-electron chi connectivity index (χ2n) is 8.73. The van der Waals surface area contributed by atoms with E-state index in [1.165, 1.54) is 81.4 Å². The Hall–Kier alpha value is -1.36. The zero-order valence-electron chi connectivity index (χ0n) is 15.3. The number of nitrogens with zero attached hydrogens (tertiary/aromatic N) is 3. The van der Waals surface area contributed by atoms with Gasteiger partial charge < -0.3 is 16.0 Å². The molecule has 5 nitrogen and oxygen atoms in total. The van der Waals surface area contributed by atoms with Crippen molar-refractivity contribution in [3.63, 3.8) is 0 Å². The van der Waals surface area contributed by atoms with E-state index in [9.17, 15) is 0 Å². The minimum absolute atomic E-state index is 0.305. The predicted octanol–water partition coefficient (Wildman–Crippen LogP) is 2.79. The van der Waals surface area contributed by atoms with Crippen LogP contribution in [-0.2, 0) is 11.8 Å². The first-order chi connectivity index (χ1) is 12.3. The van der Waals surface area contributed by atoms with Crippen LogP contribution in [0.2, 0.25) is 0 Å². The van der Waals surface area contributed by atoms with Gasteiger partial charge in [0.2, 0.25) is 5.95 Å². The molecule has 1 aromatic rings. The molecule has 5 rings (SSSR count). The number of rotatable bonds is 1. The smallest absolute Gasteiger partial charge is 0.222 e. The van der Waals surface area contributed by atoms with Crippen molar-refractivity contribution in [1.82, 2.24) is 15.3 Å². The minimum atomic E-state index is 0.305. The summed E-state index contributed by atoms with van der Waals surface area (Å²) in [5, 5.41) is 3.61. The van der Waals surface area contributed by atoms with Gasteiger partial charge in [0.1, 0.15) is 5.82 Å². The molecule has 25 heavy (non-hydrogen) atoms. The molecule has 0 aromatic carbocycles. The van der Waals surface area contributed by atoms with Crippen LogP contribution in [0.1, 0.15) is 69.0 Å². The van der Waals surface area contributed by atoms with E-state index in [0.29, 0.717) is 17.4 Å². The first-order valence-corrected chi connectivity index (χ1v) is 10.4. The summed E-state index contributed by atoms with van der Waals surface area (Å²) < 4.78 is 0. The lowest BCUT2D eigenvalue weighted by Crippen LogP contribution is -2.55. The minimum Gasteiger partial charge on any atom is -0.368 e. The molecule has 1 spiro atoms. The second-order valence-corrected chi connectivity index (χ2v) is 8.73. The fourth-order valence-electron chi connectivity index (χ4n) is 6.21. The maximum absolute atomic E-state index is 6.24. The van der Waals surface area contributed by atoms with Crippen molar-refractivity contribution < 1.29 is 0 Å². The Morgan fingerprint density at radius 1 is 1.04 bits per heavy atom. The summed E-state index contributed by atoms with van der Waals surface area (Å²) in [4.78, 5) is 12.3. The third-order valence-corrected chi connectivity index (χ3v) is 7.38. The van der Waals surface area contributed by atoms with Crippen molar-refractivity contribution in [2.45, 2.75) is 75.7 Å². The van der Waals surface area contributed by atoms with Crippen LogP contribution in [0.3, 0.4) is 0 Å². The van der Waals surface area contributed by atoms with E-state index in [2.05, 4.69) is 10.2 Å². The van der Waals surface area contributed by atoms with Gasteiger partial charge in [-0.1, -0.05) is 12.8 Å². The number of aromatic nitrogens is 2. The number of nitrogen functional groups attached to an aromatic ring is 1. The Balaban J connectivity index is 1.58. The van der Waals surface area contributed by atoms with Crippen molar-refractivity contribution in [2.75, 3.05) is 30.3 Å². The lowest BCUT2D eigenvalue weighted by Gasteiger charge is -2.46. The Kier molecular flexibility index (Phi) is 3.88. The monoisotopic (exact) mass is 341 g/mol. The van der Waals surface area contributed by atoms with E-state index in [1.54, 1.807) is 0 Å². The van der Waals surface area contributed by atoms with Crippen LogP contribution in [0.5, 0.6) is 0 Å². The van der Waals surface area contributed by atoms with E-state index >= 15 is 0 Å². The zero-order valence-corrected chi connectivity index (χ0v) is 15.3. The average molecular weight is 342 g/mol. The molecule has 2 aliphatic carbocycles. The third-order valence-electron chi connectivity index (χ3n) is 7.38. The molecule has 0 radical (unpaired) electrons. The van der Waals surface area contributed by atoms with Crippen molar-refractivity contribution in [1.29, 1.82) is 0 Å². The lowest BCUT2D eigenvalue weighted by atomic mass is 9.71. The van der Waals surface area contributed by atoms with Crippen LogP contribution < -0.4 is 16.0 Å². The van der Waals surface area contributed by atoms with Crippen LogP contribution in [0.15, 0.2) is 0 Å². The Morgan fingerprint density at radius 3 is 2.76 bits per heavy atom. The highest BCUT2D eigenvalue weighted by atomic mass is 15.3. The van der Waals surface area contributed by atoms with E-state index < -0.39 is 0 Å². The van der Waals surface area contributed by atoms with E-state index in [0.717, 1.165) is 25.4 Å². The third kappa shape index (κ3) is 2.54. The summed E-state index contributed by atoms with van der Waals surface area (Å²) in [6.45, 7) is 3.38. The molecule has 5 heteroatoms. The molecule has 1 saturated carbocycles. The number of nitrogens with two attached hydrogens (primary N) is 1. The molecule has 4 aliphatic rings. The Labute approximate surface area is 150 Å². The molecule has 0 amide bonds. The maximum Gasteiger partial charge on any atom is 0.222 e. The summed E-state index contributed by atoms with van der Waals surface area (Å²) in [5.74, 6) is 2.49. The molecular weight excluding hydrogens is 310 g/mol. The van der Waals surface area contributed by atoms with Crippen LogP contribution in [0, 0.1) is 5.92 Å². The number of nitrogens with one attached hydrogen (secondary N) is 1. The van der Waals surface area contributed by atoms with Gasteiger partial charge in [-0.25, -0.2) is 4.98 Å². The number of hydrogen-bond acceptors (Lipinski definition) is 5. The highest BCUT2D eigenvalue weighted by Crippen LogP contribution is 2.50. The summed E-state index contributed by atoms with van der Waals surface area (Å²) >= 11 is 0. The van der Waals surface area contributed by atoms with Gasteiger partial charge in [0.15, 0.2) is 0 Å². The lowest BCUT2D eigenvalue weighted by molar-refractivity contribution is 0.255. The molecule has 0 bridgehead atoms. The SMILES string of the molecule is Nc1nc(N2CCC[C@H]3CCNC[C@@H]32)c2c(n1)C1(CCCC1)CCC2. The molecule has 2 saturated heterocycles. The average Bonchev–Trinajstić information content (AvgIpc) is 3.11. The largest absolute Gasteiger partial charge is 0.368 e. The van der Waals surface area contributed by atoms with Gasteiger partial charge in [-0.15, -0.1) is 0 Å². The van der Waals surface area contributed by atoms with E-state index in [4.69, 9.17) is 15.7 Å². The summed E-state index contributed by atoms with van der Waals surface area (Å²) in [6.07, 6.45) is 12.9. The highest BCUT2D eigenvalue weighted by molar-refractivity contribution is 5.56. The van der Waals surface area contributed by atoms with Gasteiger partial charge in [0.05, 0.1) is 5.69 Å². The fourth-order valence-corrected chi connectivity index (χ4v) is 6.21. The fraction of sp³-hybridized carbons (Fsp3) is 0.800. The Morgan fingerprint density at radius 2 is 1.88 bits per heavy atom. The number of hydrogen-bond donors (Lipinski definition) is 2. The Bertz CT molecular complexity index is 650. The second kappa shape index (κ2) is 6.11.